The number of rotatable bonds is 7. The number of nitrogens with one attached hydrogen (secondary N) is 1. The lowest BCUT2D eigenvalue weighted by atomic mass is 9.78. The van der Waals surface area contributed by atoms with E-state index < -0.39 is 88.8 Å². The maximum Gasteiger partial charge on any atom is 0.312 e. The molecule has 5 bridgehead atoms. The third kappa shape index (κ3) is 9.05. The highest BCUT2D eigenvalue weighted by molar-refractivity contribution is 6.23. The quantitative estimate of drug-likeness (QED) is 0.0480. The van der Waals surface area contributed by atoms with Crippen LogP contribution in [0.1, 0.15) is 89.7 Å². The van der Waals surface area contributed by atoms with E-state index in [9.17, 15) is 39.9 Å². The van der Waals surface area contributed by atoms with E-state index in [4.69, 9.17) is 23.8 Å². The SMILES string of the molecule is CCCCO/N=C/c1c2c(O)c3c(O)c(C)c4c(c3c1O)C(=O)[C@@](C)(O/C=C/[C@H](OC)[C@@H](C)[C@@H](OC(C)=O)[C@H](C)[C@H](O)[C@H](C)[C@@H](O)[C@@H](C)/C=C/C=C(\C)C(=O)N2)O4. The van der Waals surface area contributed by atoms with Gasteiger partial charge in [0.25, 0.3) is 11.7 Å². The van der Waals surface area contributed by atoms with E-state index in [1.165, 1.54) is 53.2 Å². The molecule has 15 heteroatoms. The van der Waals surface area contributed by atoms with E-state index in [0.717, 1.165) is 12.6 Å². The summed E-state index contributed by atoms with van der Waals surface area (Å²) in [6.07, 6.45) is 6.05. The first-order valence-corrected chi connectivity index (χ1v) is 19.1. The van der Waals surface area contributed by atoms with Crippen molar-refractivity contribution in [1.29, 1.82) is 0 Å². The maximum atomic E-state index is 14.3. The molecule has 15 nitrogen and oxygen atoms in total. The number of Topliss-reactive ketones (excluding diaryl/α,β-unsaturated/α-hetero) is 1. The molecule has 0 aliphatic carbocycles. The predicted molar refractivity (Wildman–Crippen MR) is 212 cm³/mol. The largest absolute Gasteiger partial charge is 0.507 e. The fraction of sp³-hybridized carbons (Fsp3) is 0.524. The number of aliphatic hydroxyl groups excluding tert-OH is 2. The van der Waals surface area contributed by atoms with Gasteiger partial charge in [-0.25, -0.2) is 0 Å². The number of benzene rings is 2. The van der Waals surface area contributed by atoms with Crippen molar-refractivity contribution in [3.63, 3.8) is 0 Å². The van der Waals surface area contributed by atoms with Gasteiger partial charge in [-0.3, -0.25) is 14.4 Å². The van der Waals surface area contributed by atoms with Crippen molar-refractivity contribution in [1.82, 2.24) is 0 Å². The fourth-order valence-electron chi connectivity index (χ4n) is 7.22. The standard InChI is InChI=1S/C42H56N2O13/c1-11-12-17-55-43-19-27-32-37(50)30-29(36(27)49)31-39(25(7)35(30)48)57-42(9,40(31)51)54-18-16-28(53-10)22(4)38(56-26(8)45)24(6)34(47)23(5)33(46)20(2)14-13-15-21(3)41(52)44-32/h13-16,18-20,22-24,28,33-34,38,46-50H,11-12,17H2,1-10H3,(H,44,52)/b14-13+,18-16+,21-15+,43-19+/t20-,22+,23+,24+,28-,33-,34+,38+,42-/m0/s1. The van der Waals surface area contributed by atoms with E-state index in [2.05, 4.69) is 10.5 Å². The van der Waals surface area contributed by atoms with Crippen LogP contribution >= 0.6 is 0 Å². The van der Waals surface area contributed by atoms with Gasteiger partial charge in [-0.05, 0) is 26.3 Å². The van der Waals surface area contributed by atoms with Crippen LogP contribution in [0.15, 0.2) is 41.3 Å². The first-order chi connectivity index (χ1) is 26.8. The molecule has 0 aromatic heterocycles. The Morgan fingerprint density at radius 1 is 0.982 bits per heavy atom. The predicted octanol–water partition coefficient (Wildman–Crippen LogP) is 5.90. The third-order valence-electron chi connectivity index (χ3n) is 10.9. The molecule has 1 amide bonds. The number of nitrogens with zero attached hydrogens (tertiary/aromatic N) is 1. The normalized spacial score (nSPS) is 30.7. The second-order valence-corrected chi connectivity index (χ2v) is 15.0. The summed E-state index contributed by atoms with van der Waals surface area (Å²) in [4.78, 5) is 45.5. The average Bonchev–Trinajstić information content (AvgIpc) is 3.43. The van der Waals surface area contributed by atoms with E-state index in [1.54, 1.807) is 39.8 Å². The Bertz CT molecular complexity index is 1970. The molecule has 3 aliphatic heterocycles. The number of aliphatic hydroxyl groups is 2. The Hall–Kier alpha value is -5.12. The molecule has 0 spiro atoms. The molecular formula is C42H56N2O13. The van der Waals surface area contributed by atoms with Gasteiger partial charge < -0.3 is 54.6 Å². The van der Waals surface area contributed by atoms with Crippen LogP contribution in [0, 0.1) is 30.6 Å². The van der Waals surface area contributed by atoms with Crippen molar-refractivity contribution in [2.75, 3.05) is 19.0 Å². The molecule has 3 aliphatic rings. The highest BCUT2D eigenvalue weighted by Crippen LogP contribution is 2.55. The number of phenols is 3. The first kappa shape index (κ1) is 44.6. The number of amides is 1. The van der Waals surface area contributed by atoms with Crippen LogP contribution in [-0.4, -0.2) is 93.3 Å². The number of hydrogen-bond acceptors (Lipinski definition) is 14. The molecule has 0 fully saturated rings. The lowest BCUT2D eigenvalue weighted by Crippen LogP contribution is -2.46. The summed E-state index contributed by atoms with van der Waals surface area (Å²) in [5, 5.41) is 63.8. The lowest BCUT2D eigenvalue weighted by Gasteiger charge is -2.38. The first-order valence-electron chi connectivity index (χ1n) is 19.1. The Labute approximate surface area is 332 Å². The minimum Gasteiger partial charge on any atom is -0.507 e. The molecule has 312 valence electrons. The Morgan fingerprint density at radius 2 is 1.67 bits per heavy atom. The van der Waals surface area contributed by atoms with Gasteiger partial charge in [-0.15, -0.1) is 0 Å². The van der Waals surface area contributed by atoms with Crippen molar-refractivity contribution in [2.45, 2.75) is 105 Å². The number of esters is 1. The number of oxime groups is 1. The number of unbranched alkanes of at least 4 members (excludes halogenated alkanes) is 1. The number of carbonyl (C=O) groups is 3. The van der Waals surface area contributed by atoms with Crippen molar-refractivity contribution in [2.24, 2.45) is 28.8 Å². The van der Waals surface area contributed by atoms with Gasteiger partial charge in [-0.2, -0.15) is 0 Å². The average molecular weight is 797 g/mol. The molecule has 0 saturated carbocycles. The molecule has 3 heterocycles. The minimum atomic E-state index is -2.05. The van der Waals surface area contributed by atoms with E-state index in [-0.39, 0.29) is 51.1 Å². The number of carbonyl (C=O) groups excluding carboxylic acids is 3. The van der Waals surface area contributed by atoms with Crippen molar-refractivity contribution in [3.05, 3.63) is 52.8 Å². The molecule has 0 radical (unpaired) electrons. The number of anilines is 1. The molecule has 2 aromatic carbocycles. The van der Waals surface area contributed by atoms with Gasteiger partial charge in [0.2, 0.25) is 0 Å². The number of ketones is 1. The second kappa shape index (κ2) is 18.4. The lowest BCUT2D eigenvalue weighted by molar-refractivity contribution is -0.160. The summed E-state index contributed by atoms with van der Waals surface area (Å²) in [7, 11) is 1.43. The zero-order chi connectivity index (χ0) is 42.5. The van der Waals surface area contributed by atoms with Crippen LogP contribution < -0.4 is 10.1 Å². The summed E-state index contributed by atoms with van der Waals surface area (Å²) in [6.45, 7) is 14.6. The van der Waals surface area contributed by atoms with Crippen LogP contribution in [0.25, 0.3) is 10.8 Å². The number of phenolic OH excluding ortho intramolecular Hbond substituents is 3. The van der Waals surface area contributed by atoms with Crippen LogP contribution in [0.2, 0.25) is 0 Å². The summed E-state index contributed by atoms with van der Waals surface area (Å²) in [5.41, 5.74) is -0.577. The Morgan fingerprint density at radius 3 is 2.30 bits per heavy atom. The van der Waals surface area contributed by atoms with Gasteiger partial charge in [0, 0.05) is 61.2 Å². The molecular weight excluding hydrogens is 740 g/mol. The summed E-state index contributed by atoms with van der Waals surface area (Å²) in [5.74, 6) is -8.58. The number of ether oxygens (including phenoxy) is 4. The third-order valence-corrected chi connectivity index (χ3v) is 10.9. The van der Waals surface area contributed by atoms with Crippen molar-refractivity contribution >= 4 is 40.3 Å². The summed E-state index contributed by atoms with van der Waals surface area (Å²) in [6, 6.07) is 0. The monoisotopic (exact) mass is 796 g/mol. The van der Waals surface area contributed by atoms with Gasteiger partial charge in [0.05, 0.1) is 53.0 Å². The van der Waals surface area contributed by atoms with Crippen molar-refractivity contribution in [3.8, 4) is 23.0 Å². The zero-order valence-corrected chi connectivity index (χ0v) is 34.2. The fourth-order valence-corrected chi connectivity index (χ4v) is 7.22. The smallest absolute Gasteiger partial charge is 0.312 e. The number of allylic oxidation sites excluding steroid dienone is 2. The zero-order valence-electron chi connectivity index (χ0n) is 34.2. The van der Waals surface area contributed by atoms with Crippen LogP contribution in [0.3, 0.4) is 0 Å². The molecule has 57 heavy (non-hydrogen) atoms. The Kier molecular flexibility index (Phi) is 14.4. The number of fused-ring (bicyclic) bond motifs is 14. The van der Waals surface area contributed by atoms with Crippen LogP contribution in [0.5, 0.6) is 23.0 Å². The second-order valence-electron chi connectivity index (χ2n) is 15.0. The molecule has 0 saturated heterocycles. The Balaban J connectivity index is 1.96. The maximum absolute atomic E-state index is 14.3. The molecule has 0 unspecified atom stereocenters. The summed E-state index contributed by atoms with van der Waals surface area (Å²) < 4.78 is 23.5. The molecule has 6 N–H and O–H groups in total. The van der Waals surface area contributed by atoms with Gasteiger partial charge in [0.15, 0.2) is 5.75 Å². The number of aromatic hydroxyl groups is 3. The van der Waals surface area contributed by atoms with Gasteiger partial charge >= 0.3 is 11.8 Å². The molecule has 2 aromatic rings. The molecule has 9 atom stereocenters. The van der Waals surface area contributed by atoms with E-state index in [1.807, 2.05) is 6.92 Å². The summed E-state index contributed by atoms with van der Waals surface area (Å²) >= 11 is 0. The number of methoxy groups -OCH3 is 1. The van der Waals surface area contributed by atoms with Crippen molar-refractivity contribution < 1.29 is 63.7 Å². The molecule has 5 rings (SSSR count). The van der Waals surface area contributed by atoms with Gasteiger partial charge in [0.1, 0.15) is 30.0 Å². The number of hydrogen-bond donors (Lipinski definition) is 6. The topological polar surface area (TPSA) is 223 Å². The highest BCUT2D eigenvalue weighted by atomic mass is 16.7. The van der Waals surface area contributed by atoms with Crippen LogP contribution in [0.4, 0.5) is 5.69 Å². The highest BCUT2D eigenvalue weighted by Gasteiger charge is 2.50. The minimum absolute atomic E-state index is 0.0378. The van der Waals surface area contributed by atoms with E-state index >= 15 is 0 Å². The van der Waals surface area contributed by atoms with Crippen LogP contribution in [-0.2, 0) is 28.6 Å². The van der Waals surface area contributed by atoms with E-state index in [0.29, 0.717) is 6.42 Å². The van der Waals surface area contributed by atoms with Gasteiger partial charge in [-0.1, -0.05) is 64.4 Å².